The molecule has 60 valence electrons. The quantitative estimate of drug-likeness (QED) is 0.443. The molecule has 0 bridgehead atoms. The maximum absolute atomic E-state index is 9.07. The molecule has 1 aliphatic carbocycles. The molecule has 1 saturated carbocycles. The molecule has 0 aromatic heterocycles. The number of hydrogen-bond donors (Lipinski definition) is 1. The zero-order chi connectivity index (χ0) is 7.95. The van der Waals surface area contributed by atoms with Crippen LogP contribution in [0.3, 0.4) is 0 Å². The predicted molar refractivity (Wildman–Crippen MR) is 40.9 cm³/mol. The Morgan fingerprint density at radius 2 is 2.18 bits per heavy atom. The van der Waals surface area contributed by atoms with Crippen molar-refractivity contribution in [3.63, 3.8) is 0 Å². The van der Waals surface area contributed by atoms with Crippen molar-refractivity contribution >= 4 is 0 Å². The van der Waals surface area contributed by atoms with E-state index in [0.29, 0.717) is 0 Å². The molecular weight excluding hydrogens is 140 g/mol. The van der Waals surface area contributed by atoms with Crippen molar-refractivity contribution in [3.8, 4) is 12.3 Å². The first-order valence-electron chi connectivity index (χ1n) is 4.07. The normalized spacial score (nSPS) is 47.6. The third-order valence-corrected chi connectivity index (χ3v) is 2.91. The van der Waals surface area contributed by atoms with Gasteiger partial charge in [-0.1, -0.05) is 12.3 Å². The molecule has 11 heavy (non-hydrogen) atoms. The van der Waals surface area contributed by atoms with Crippen LogP contribution >= 0.6 is 0 Å². The van der Waals surface area contributed by atoms with E-state index in [1.807, 2.05) is 0 Å². The Balaban J connectivity index is 2.21. The van der Waals surface area contributed by atoms with Gasteiger partial charge in [0.05, 0.1) is 6.61 Å². The predicted octanol–water partition coefficient (Wildman–Crippen LogP) is 0.694. The van der Waals surface area contributed by atoms with E-state index < -0.39 is 0 Å². The highest BCUT2D eigenvalue weighted by atomic mass is 16.6. The molecule has 0 radical (unpaired) electrons. The van der Waals surface area contributed by atoms with Crippen LogP contribution in [0.1, 0.15) is 25.7 Å². The summed E-state index contributed by atoms with van der Waals surface area (Å²) in [7, 11) is 0. The molecule has 2 heteroatoms. The SMILES string of the molecule is C#C[C@@]12CCCC[C@]1(CO)O2. The van der Waals surface area contributed by atoms with Gasteiger partial charge in [-0.25, -0.2) is 0 Å². The minimum absolute atomic E-state index is 0.0806. The summed E-state index contributed by atoms with van der Waals surface area (Å²) in [4.78, 5) is 0. The third kappa shape index (κ3) is 0.702. The molecule has 1 N–H and O–H groups in total. The molecule has 2 aliphatic rings. The van der Waals surface area contributed by atoms with E-state index in [0.717, 1.165) is 25.7 Å². The van der Waals surface area contributed by atoms with Crippen molar-refractivity contribution in [2.75, 3.05) is 6.61 Å². The van der Waals surface area contributed by atoms with E-state index in [4.69, 9.17) is 16.3 Å². The highest BCUT2D eigenvalue weighted by Crippen LogP contribution is 2.56. The summed E-state index contributed by atoms with van der Waals surface area (Å²) in [5.74, 6) is 2.66. The topological polar surface area (TPSA) is 32.8 Å². The van der Waals surface area contributed by atoms with Crippen molar-refractivity contribution in [3.05, 3.63) is 0 Å². The first-order valence-corrected chi connectivity index (χ1v) is 4.07. The molecule has 2 fully saturated rings. The first-order chi connectivity index (χ1) is 5.29. The van der Waals surface area contributed by atoms with Gasteiger partial charge >= 0.3 is 0 Å². The molecule has 0 spiro atoms. The highest BCUT2D eigenvalue weighted by Gasteiger charge is 2.69. The molecule has 0 amide bonds. The van der Waals surface area contributed by atoms with Gasteiger partial charge in [0.15, 0.2) is 5.60 Å². The van der Waals surface area contributed by atoms with Gasteiger partial charge < -0.3 is 9.84 Å². The van der Waals surface area contributed by atoms with Crippen LogP contribution in [-0.4, -0.2) is 22.9 Å². The fourth-order valence-electron chi connectivity index (χ4n) is 2.10. The first kappa shape index (κ1) is 7.15. The molecule has 2 nitrogen and oxygen atoms in total. The molecule has 0 unspecified atom stereocenters. The van der Waals surface area contributed by atoms with E-state index in [1.54, 1.807) is 0 Å². The largest absolute Gasteiger partial charge is 0.393 e. The fraction of sp³-hybridized carbons (Fsp3) is 0.778. The standard InChI is InChI=1S/C9H12O2/c1-2-8-5-3-4-6-9(8,7-10)11-8/h1,10H,3-7H2/t8-,9-/m1/s1. The zero-order valence-corrected chi connectivity index (χ0v) is 6.47. The Labute approximate surface area is 66.6 Å². The maximum atomic E-state index is 9.07. The van der Waals surface area contributed by atoms with E-state index in [2.05, 4.69) is 5.92 Å². The second-order valence-corrected chi connectivity index (χ2v) is 3.43. The number of fused-ring (bicyclic) bond motifs is 1. The molecule has 1 heterocycles. The smallest absolute Gasteiger partial charge is 0.160 e. The lowest BCUT2D eigenvalue weighted by atomic mass is 9.80. The number of terminal acetylenes is 1. The molecule has 0 aromatic carbocycles. The second-order valence-electron chi connectivity index (χ2n) is 3.43. The lowest BCUT2D eigenvalue weighted by Crippen LogP contribution is -2.31. The van der Waals surface area contributed by atoms with E-state index >= 15 is 0 Å². The van der Waals surface area contributed by atoms with Gasteiger partial charge in [0.1, 0.15) is 5.60 Å². The number of aliphatic hydroxyl groups excluding tert-OH is 1. The summed E-state index contributed by atoms with van der Waals surface area (Å²) in [5, 5.41) is 9.07. The van der Waals surface area contributed by atoms with Crippen LogP contribution in [0.5, 0.6) is 0 Å². The number of hydrogen-bond acceptors (Lipinski definition) is 2. The number of epoxide rings is 1. The van der Waals surface area contributed by atoms with Gasteiger partial charge in [-0.05, 0) is 19.3 Å². The second kappa shape index (κ2) is 2.00. The van der Waals surface area contributed by atoms with Crippen LogP contribution < -0.4 is 0 Å². The van der Waals surface area contributed by atoms with Crippen LogP contribution in [0, 0.1) is 12.3 Å². The van der Waals surface area contributed by atoms with Crippen molar-refractivity contribution in [2.45, 2.75) is 36.9 Å². The average molecular weight is 152 g/mol. The maximum Gasteiger partial charge on any atom is 0.160 e. The Morgan fingerprint density at radius 3 is 2.73 bits per heavy atom. The molecule has 2 atom stereocenters. The molecule has 1 saturated heterocycles. The summed E-state index contributed by atoms with van der Waals surface area (Å²) < 4.78 is 5.47. The van der Waals surface area contributed by atoms with Gasteiger partial charge in [-0.15, -0.1) is 6.42 Å². The van der Waals surface area contributed by atoms with Gasteiger partial charge in [-0.2, -0.15) is 0 Å². The number of rotatable bonds is 1. The molecule has 0 aromatic rings. The fourth-order valence-corrected chi connectivity index (χ4v) is 2.10. The van der Waals surface area contributed by atoms with Gasteiger partial charge in [0.2, 0.25) is 0 Å². The summed E-state index contributed by atoms with van der Waals surface area (Å²) in [6, 6.07) is 0. The van der Waals surface area contributed by atoms with Gasteiger partial charge in [0, 0.05) is 0 Å². The van der Waals surface area contributed by atoms with E-state index in [9.17, 15) is 0 Å². The van der Waals surface area contributed by atoms with Crippen LogP contribution in [0.15, 0.2) is 0 Å². The molecular formula is C9H12O2. The average Bonchev–Trinajstić information content (AvgIpc) is 2.75. The van der Waals surface area contributed by atoms with Crippen LogP contribution in [0.4, 0.5) is 0 Å². The van der Waals surface area contributed by atoms with Crippen LogP contribution in [-0.2, 0) is 4.74 Å². The lowest BCUT2D eigenvalue weighted by molar-refractivity contribution is 0.163. The van der Waals surface area contributed by atoms with Crippen molar-refractivity contribution in [2.24, 2.45) is 0 Å². The van der Waals surface area contributed by atoms with Crippen LogP contribution in [0.25, 0.3) is 0 Å². The lowest BCUT2D eigenvalue weighted by Gasteiger charge is -2.18. The molecule has 2 rings (SSSR count). The van der Waals surface area contributed by atoms with Crippen LogP contribution in [0.2, 0.25) is 0 Å². The molecule has 1 aliphatic heterocycles. The van der Waals surface area contributed by atoms with Crippen molar-refractivity contribution in [1.82, 2.24) is 0 Å². The van der Waals surface area contributed by atoms with Crippen molar-refractivity contribution < 1.29 is 9.84 Å². The minimum atomic E-state index is -0.389. The zero-order valence-electron chi connectivity index (χ0n) is 6.47. The van der Waals surface area contributed by atoms with Gasteiger partial charge in [-0.3, -0.25) is 0 Å². The van der Waals surface area contributed by atoms with E-state index in [-0.39, 0.29) is 17.8 Å². The summed E-state index contributed by atoms with van der Waals surface area (Å²) in [5.41, 5.74) is -0.736. The Bertz CT molecular complexity index is 218. The van der Waals surface area contributed by atoms with E-state index in [1.165, 1.54) is 0 Å². The Morgan fingerprint density at radius 1 is 1.45 bits per heavy atom. The Kier molecular flexibility index (Phi) is 1.30. The van der Waals surface area contributed by atoms with Crippen molar-refractivity contribution in [1.29, 1.82) is 0 Å². The van der Waals surface area contributed by atoms with Gasteiger partial charge in [0.25, 0.3) is 0 Å². The number of ether oxygens (including phenoxy) is 1. The highest BCUT2D eigenvalue weighted by molar-refractivity contribution is 5.31. The Hall–Kier alpha value is -0.520. The monoisotopic (exact) mass is 152 g/mol. The number of aliphatic hydroxyl groups is 1. The third-order valence-electron chi connectivity index (χ3n) is 2.91. The summed E-state index contributed by atoms with van der Waals surface area (Å²) in [6.07, 6.45) is 9.46. The summed E-state index contributed by atoms with van der Waals surface area (Å²) >= 11 is 0. The minimum Gasteiger partial charge on any atom is -0.393 e. The summed E-state index contributed by atoms with van der Waals surface area (Å²) in [6.45, 7) is 0.0806.